The Hall–Kier alpha value is -0.870. The lowest BCUT2D eigenvalue weighted by atomic mass is 9.93. The van der Waals surface area contributed by atoms with Gasteiger partial charge >= 0.3 is 0 Å². The number of nitrogens with one attached hydrogen (secondary N) is 1. The highest BCUT2D eigenvalue weighted by Crippen LogP contribution is 2.18. The van der Waals surface area contributed by atoms with Crippen LogP contribution in [-0.4, -0.2) is 22.2 Å². The molecule has 0 aliphatic heterocycles. The van der Waals surface area contributed by atoms with Crippen LogP contribution in [0.25, 0.3) is 0 Å². The highest BCUT2D eigenvalue weighted by molar-refractivity contribution is 4.91. The highest BCUT2D eigenvalue weighted by Gasteiger charge is 2.19. The van der Waals surface area contributed by atoms with Crippen LogP contribution in [0, 0.1) is 0 Å². The van der Waals surface area contributed by atoms with Gasteiger partial charge in [0.1, 0.15) is 6.26 Å². The molecule has 14 heavy (non-hydrogen) atoms. The Morgan fingerprint density at radius 1 is 1.57 bits per heavy atom. The lowest BCUT2D eigenvalue weighted by molar-refractivity contribution is 0.111. The summed E-state index contributed by atoms with van der Waals surface area (Å²) in [5, 5.41) is 12.8. The minimum atomic E-state index is -0.126. The van der Waals surface area contributed by atoms with Crippen molar-refractivity contribution in [2.45, 2.75) is 44.4 Å². The minimum Gasteiger partial charge on any atom is -0.451 e. The van der Waals surface area contributed by atoms with Crippen molar-refractivity contribution in [1.82, 2.24) is 10.3 Å². The molecule has 1 aromatic heterocycles. The van der Waals surface area contributed by atoms with Crippen LogP contribution < -0.4 is 5.32 Å². The third kappa shape index (κ3) is 2.56. The predicted octanol–water partition coefficient (Wildman–Crippen LogP) is 1.07. The third-order valence-electron chi connectivity index (χ3n) is 2.70. The maximum Gasteiger partial charge on any atom is 0.180 e. The van der Waals surface area contributed by atoms with Crippen molar-refractivity contribution in [3.63, 3.8) is 0 Å². The minimum absolute atomic E-state index is 0.126. The van der Waals surface area contributed by atoms with Crippen molar-refractivity contribution >= 4 is 0 Å². The van der Waals surface area contributed by atoms with Crippen LogP contribution in [0.3, 0.4) is 0 Å². The topological polar surface area (TPSA) is 58.3 Å². The molecular weight excluding hydrogens is 180 g/mol. The van der Waals surface area contributed by atoms with Crippen LogP contribution >= 0.6 is 0 Å². The molecule has 1 heterocycles. The lowest BCUT2D eigenvalue weighted by Crippen LogP contribution is -2.35. The molecule has 2 N–H and O–H groups in total. The van der Waals surface area contributed by atoms with E-state index in [2.05, 4.69) is 10.3 Å². The molecule has 0 aromatic carbocycles. The largest absolute Gasteiger partial charge is 0.451 e. The average Bonchev–Trinajstić information content (AvgIpc) is 2.67. The van der Waals surface area contributed by atoms with E-state index in [1.165, 1.54) is 6.39 Å². The maximum atomic E-state index is 9.46. The fraction of sp³-hybridized carbons (Fsp3) is 0.700. The second-order valence-corrected chi connectivity index (χ2v) is 3.88. The first-order chi connectivity index (χ1) is 6.84. The molecule has 4 nitrogen and oxygen atoms in total. The molecule has 1 aromatic rings. The van der Waals surface area contributed by atoms with Crippen LogP contribution in [0.15, 0.2) is 17.1 Å². The number of hydrogen-bond donors (Lipinski definition) is 2. The molecule has 1 fully saturated rings. The van der Waals surface area contributed by atoms with E-state index in [9.17, 15) is 5.11 Å². The summed E-state index contributed by atoms with van der Waals surface area (Å²) in [6.45, 7) is 0.730. The van der Waals surface area contributed by atoms with Gasteiger partial charge in [0, 0.05) is 12.6 Å². The number of hydrogen-bond acceptors (Lipinski definition) is 4. The van der Waals surface area contributed by atoms with Crippen LogP contribution in [0.5, 0.6) is 0 Å². The maximum absolute atomic E-state index is 9.46. The molecule has 0 saturated heterocycles. The molecule has 4 heteroatoms. The zero-order valence-electron chi connectivity index (χ0n) is 8.15. The number of nitrogens with zero attached hydrogens (tertiary/aromatic N) is 1. The fourth-order valence-electron chi connectivity index (χ4n) is 1.92. The molecule has 2 unspecified atom stereocenters. The second kappa shape index (κ2) is 4.57. The van der Waals surface area contributed by atoms with E-state index in [4.69, 9.17) is 4.42 Å². The quantitative estimate of drug-likeness (QED) is 0.759. The van der Waals surface area contributed by atoms with E-state index >= 15 is 0 Å². The van der Waals surface area contributed by atoms with Crippen molar-refractivity contribution in [3.8, 4) is 0 Å². The van der Waals surface area contributed by atoms with Gasteiger partial charge < -0.3 is 14.8 Å². The number of aromatic nitrogens is 1. The van der Waals surface area contributed by atoms with Gasteiger partial charge in [-0.15, -0.1) is 0 Å². The van der Waals surface area contributed by atoms with E-state index < -0.39 is 0 Å². The summed E-state index contributed by atoms with van der Waals surface area (Å²) in [6, 6.07) is 0.426. The zero-order chi connectivity index (χ0) is 9.80. The zero-order valence-corrected chi connectivity index (χ0v) is 8.15. The van der Waals surface area contributed by atoms with Crippen molar-refractivity contribution in [2.24, 2.45) is 0 Å². The molecule has 1 saturated carbocycles. The van der Waals surface area contributed by atoms with Crippen molar-refractivity contribution in [1.29, 1.82) is 0 Å². The number of aliphatic hydroxyl groups excluding tert-OH is 1. The standard InChI is InChI=1S/C10H16N2O2/c13-10-3-1-2-8(4-10)11-5-9-6-14-7-12-9/h6-8,10-11,13H,1-5H2. The molecule has 2 rings (SSSR count). The molecule has 2 atom stereocenters. The van der Waals surface area contributed by atoms with Gasteiger partial charge in [0.2, 0.25) is 0 Å². The molecule has 0 amide bonds. The molecule has 1 aliphatic carbocycles. The summed E-state index contributed by atoms with van der Waals surface area (Å²) in [7, 11) is 0. The smallest absolute Gasteiger partial charge is 0.180 e. The van der Waals surface area contributed by atoms with Crippen molar-refractivity contribution < 1.29 is 9.52 Å². The SMILES string of the molecule is OC1CCCC(NCc2cocn2)C1. The summed E-state index contributed by atoms with van der Waals surface area (Å²) in [5.41, 5.74) is 0.921. The van der Waals surface area contributed by atoms with Gasteiger partial charge in [0.25, 0.3) is 0 Å². The fourth-order valence-corrected chi connectivity index (χ4v) is 1.92. The van der Waals surface area contributed by atoms with Crippen LogP contribution in [0.4, 0.5) is 0 Å². The van der Waals surface area contributed by atoms with Crippen LogP contribution in [0.2, 0.25) is 0 Å². The molecule has 0 radical (unpaired) electrons. The highest BCUT2D eigenvalue weighted by atomic mass is 16.3. The Morgan fingerprint density at radius 2 is 2.50 bits per heavy atom. The molecule has 0 bridgehead atoms. The Kier molecular flexibility index (Phi) is 3.16. The number of rotatable bonds is 3. The van der Waals surface area contributed by atoms with Crippen molar-refractivity contribution in [3.05, 3.63) is 18.4 Å². The molecular formula is C10H16N2O2. The van der Waals surface area contributed by atoms with E-state index in [1.807, 2.05) is 0 Å². The first-order valence-electron chi connectivity index (χ1n) is 5.13. The number of oxazole rings is 1. The van der Waals surface area contributed by atoms with Crippen LogP contribution in [-0.2, 0) is 6.54 Å². The summed E-state index contributed by atoms with van der Waals surface area (Å²) in [5.74, 6) is 0. The van der Waals surface area contributed by atoms with Crippen LogP contribution in [0.1, 0.15) is 31.4 Å². The average molecular weight is 196 g/mol. The Morgan fingerprint density at radius 3 is 3.21 bits per heavy atom. The normalized spacial score (nSPS) is 27.8. The van der Waals surface area contributed by atoms with Gasteiger partial charge in [-0.1, -0.05) is 0 Å². The van der Waals surface area contributed by atoms with Crippen molar-refractivity contribution in [2.75, 3.05) is 0 Å². The Bertz CT molecular complexity index is 261. The summed E-state index contributed by atoms with van der Waals surface area (Å²) >= 11 is 0. The van der Waals surface area contributed by atoms with E-state index in [0.29, 0.717) is 6.04 Å². The van der Waals surface area contributed by atoms with Gasteiger partial charge in [-0.05, 0) is 25.7 Å². The summed E-state index contributed by atoms with van der Waals surface area (Å²) in [4.78, 5) is 4.03. The summed E-state index contributed by atoms with van der Waals surface area (Å²) < 4.78 is 4.88. The third-order valence-corrected chi connectivity index (χ3v) is 2.70. The molecule has 78 valence electrons. The monoisotopic (exact) mass is 196 g/mol. The first-order valence-corrected chi connectivity index (χ1v) is 5.13. The Balaban J connectivity index is 1.75. The van der Waals surface area contributed by atoms with Gasteiger partial charge in [-0.3, -0.25) is 0 Å². The first kappa shape index (κ1) is 9.68. The molecule has 1 aliphatic rings. The van der Waals surface area contributed by atoms with Gasteiger partial charge in [-0.25, -0.2) is 4.98 Å². The van der Waals surface area contributed by atoms with Gasteiger partial charge in [0.15, 0.2) is 6.39 Å². The van der Waals surface area contributed by atoms with Gasteiger partial charge in [0.05, 0.1) is 11.8 Å². The Labute approximate surface area is 83.3 Å². The van der Waals surface area contributed by atoms with Gasteiger partial charge in [-0.2, -0.15) is 0 Å². The molecule has 0 spiro atoms. The van der Waals surface area contributed by atoms with E-state index in [1.54, 1.807) is 6.26 Å². The second-order valence-electron chi connectivity index (χ2n) is 3.88. The van der Waals surface area contributed by atoms with E-state index in [-0.39, 0.29) is 6.10 Å². The summed E-state index contributed by atoms with van der Waals surface area (Å²) in [6.07, 6.45) is 7.02. The predicted molar refractivity (Wildman–Crippen MR) is 51.6 cm³/mol. The lowest BCUT2D eigenvalue weighted by Gasteiger charge is -2.26. The number of aliphatic hydroxyl groups is 1. The van der Waals surface area contributed by atoms with E-state index in [0.717, 1.165) is 37.9 Å².